The number of hydrogen-bond donors (Lipinski definition) is 2. The SMILES string of the molecule is Cl.Cn1ccc(NC(=O)C(N)C(F)(F)F)n1. The van der Waals surface area contributed by atoms with Crippen molar-refractivity contribution in [2.24, 2.45) is 12.8 Å². The summed E-state index contributed by atoms with van der Waals surface area (Å²) < 4.78 is 37.3. The number of nitrogens with one attached hydrogen (secondary N) is 1. The Morgan fingerprint density at radius 3 is 2.56 bits per heavy atom. The van der Waals surface area contributed by atoms with Crippen LogP contribution in [-0.2, 0) is 11.8 Å². The molecule has 1 rings (SSSR count). The Morgan fingerprint density at radius 2 is 2.19 bits per heavy atom. The highest BCUT2D eigenvalue weighted by atomic mass is 35.5. The van der Waals surface area contributed by atoms with Crippen molar-refractivity contribution < 1.29 is 18.0 Å². The van der Waals surface area contributed by atoms with E-state index in [0.29, 0.717) is 0 Å². The van der Waals surface area contributed by atoms with E-state index in [1.54, 1.807) is 7.05 Å². The summed E-state index contributed by atoms with van der Waals surface area (Å²) in [6.07, 6.45) is -3.27. The van der Waals surface area contributed by atoms with Gasteiger partial charge in [0.05, 0.1) is 0 Å². The predicted octanol–water partition coefficient (Wildman–Crippen LogP) is 0.670. The van der Waals surface area contributed by atoms with Gasteiger partial charge in [-0.25, -0.2) is 0 Å². The van der Waals surface area contributed by atoms with Gasteiger partial charge >= 0.3 is 6.18 Å². The molecule has 0 aliphatic heterocycles. The largest absolute Gasteiger partial charge is 0.412 e. The molecule has 0 aliphatic carbocycles. The number of alkyl halides is 3. The smallest absolute Gasteiger partial charge is 0.312 e. The number of carbonyl (C=O) groups excluding carboxylic acids is 1. The maximum Gasteiger partial charge on any atom is 0.412 e. The molecule has 0 fully saturated rings. The number of aromatic nitrogens is 2. The van der Waals surface area contributed by atoms with Crippen LogP contribution in [0.1, 0.15) is 0 Å². The van der Waals surface area contributed by atoms with Gasteiger partial charge in [-0.15, -0.1) is 12.4 Å². The Morgan fingerprint density at radius 1 is 1.62 bits per heavy atom. The first-order valence-electron chi connectivity index (χ1n) is 3.93. The molecule has 0 radical (unpaired) electrons. The molecule has 1 unspecified atom stereocenters. The zero-order chi connectivity index (χ0) is 11.6. The summed E-state index contributed by atoms with van der Waals surface area (Å²) in [5.41, 5.74) is 4.68. The van der Waals surface area contributed by atoms with Crippen LogP contribution in [0, 0.1) is 0 Å². The molecule has 16 heavy (non-hydrogen) atoms. The second-order valence-corrected chi connectivity index (χ2v) is 2.88. The van der Waals surface area contributed by atoms with Crippen molar-refractivity contribution in [3.8, 4) is 0 Å². The van der Waals surface area contributed by atoms with Crippen molar-refractivity contribution in [3.63, 3.8) is 0 Å². The van der Waals surface area contributed by atoms with E-state index in [2.05, 4.69) is 10.8 Å². The first-order valence-corrected chi connectivity index (χ1v) is 3.93. The third-order valence-corrected chi connectivity index (χ3v) is 1.60. The van der Waals surface area contributed by atoms with E-state index >= 15 is 0 Å². The Bertz CT molecular complexity index is 365. The lowest BCUT2D eigenvalue weighted by atomic mass is 10.3. The van der Waals surface area contributed by atoms with Crippen LogP contribution in [0.4, 0.5) is 19.0 Å². The molecular weight excluding hydrogens is 249 g/mol. The van der Waals surface area contributed by atoms with Gasteiger partial charge in [-0.05, 0) is 0 Å². The number of rotatable bonds is 2. The van der Waals surface area contributed by atoms with Crippen LogP contribution < -0.4 is 11.1 Å². The number of hydrogen-bond acceptors (Lipinski definition) is 3. The normalized spacial score (nSPS) is 12.8. The Kier molecular flexibility index (Phi) is 4.76. The minimum Gasteiger partial charge on any atom is -0.312 e. The first-order chi connectivity index (χ1) is 6.80. The second kappa shape index (κ2) is 5.17. The number of anilines is 1. The Hall–Kier alpha value is -1.28. The fourth-order valence-corrected chi connectivity index (χ4v) is 0.834. The van der Waals surface area contributed by atoms with Crippen molar-refractivity contribution >= 4 is 24.1 Å². The van der Waals surface area contributed by atoms with E-state index in [1.165, 1.54) is 16.9 Å². The third-order valence-electron chi connectivity index (χ3n) is 1.60. The number of halogens is 4. The topological polar surface area (TPSA) is 72.9 Å². The molecule has 3 N–H and O–H groups in total. The van der Waals surface area contributed by atoms with Gasteiger partial charge in [0.1, 0.15) is 0 Å². The molecule has 0 aromatic carbocycles. The van der Waals surface area contributed by atoms with Crippen LogP contribution in [0.3, 0.4) is 0 Å². The van der Waals surface area contributed by atoms with Crippen molar-refractivity contribution in [1.29, 1.82) is 0 Å². The molecule has 92 valence electrons. The highest BCUT2D eigenvalue weighted by Crippen LogP contribution is 2.19. The summed E-state index contributed by atoms with van der Waals surface area (Å²) in [4.78, 5) is 11.0. The standard InChI is InChI=1S/C7H9F3N4O.ClH/c1-14-3-2-4(13-14)12-6(15)5(11)7(8,9)10;/h2-3,5H,11H2,1H3,(H,12,13,15);1H. The van der Waals surface area contributed by atoms with Crippen molar-refractivity contribution in [1.82, 2.24) is 9.78 Å². The molecule has 1 amide bonds. The highest BCUT2D eigenvalue weighted by molar-refractivity contribution is 5.94. The summed E-state index contributed by atoms with van der Waals surface area (Å²) in [5.74, 6) is -1.30. The molecule has 0 saturated heterocycles. The predicted molar refractivity (Wildman–Crippen MR) is 53.1 cm³/mol. The molecule has 1 heterocycles. The van der Waals surface area contributed by atoms with E-state index in [9.17, 15) is 18.0 Å². The molecule has 0 saturated carbocycles. The van der Waals surface area contributed by atoms with Gasteiger partial charge in [0.15, 0.2) is 11.9 Å². The fourth-order valence-electron chi connectivity index (χ4n) is 0.834. The van der Waals surface area contributed by atoms with Crippen LogP contribution in [-0.4, -0.2) is 27.9 Å². The molecular formula is C7H10ClF3N4O. The summed E-state index contributed by atoms with van der Waals surface area (Å²) in [6.45, 7) is 0. The van der Waals surface area contributed by atoms with Crippen molar-refractivity contribution in [2.75, 3.05) is 5.32 Å². The maximum atomic E-state index is 12.0. The molecule has 1 aromatic rings. The van der Waals surface area contributed by atoms with Crippen molar-refractivity contribution in [3.05, 3.63) is 12.3 Å². The minimum absolute atomic E-state index is 0. The lowest BCUT2D eigenvalue weighted by Crippen LogP contribution is -2.47. The van der Waals surface area contributed by atoms with E-state index in [4.69, 9.17) is 0 Å². The number of nitrogens with two attached hydrogens (primary N) is 1. The van der Waals surface area contributed by atoms with Crippen LogP contribution in [0.2, 0.25) is 0 Å². The zero-order valence-corrected chi connectivity index (χ0v) is 8.97. The number of amides is 1. The molecule has 1 aromatic heterocycles. The Labute approximate surface area is 95.2 Å². The summed E-state index contributed by atoms with van der Waals surface area (Å²) in [7, 11) is 1.57. The summed E-state index contributed by atoms with van der Waals surface area (Å²) >= 11 is 0. The molecule has 0 bridgehead atoms. The number of nitrogens with zero attached hydrogens (tertiary/aromatic N) is 2. The minimum atomic E-state index is -4.75. The lowest BCUT2D eigenvalue weighted by molar-refractivity contribution is -0.159. The molecule has 0 spiro atoms. The average molecular weight is 259 g/mol. The van der Waals surface area contributed by atoms with Gasteiger partial charge < -0.3 is 11.1 Å². The van der Waals surface area contributed by atoms with Gasteiger partial charge in [0, 0.05) is 19.3 Å². The monoisotopic (exact) mass is 258 g/mol. The summed E-state index contributed by atoms with van der Waals surface area (Å²) in [6, 6.07) is -1.18. The Balaban J connectivity index is 0.00000225. The first kappa shape index (κ1) is 14.7. The average Bonchev–Trinajstić information content (AvgIpc) is 2.48. The van der Waals surface area contributed by atoms with Crippen LogP contribution in [0.25, 0.3) is 0 Å². The molecule has 9 heteroatoms. The van der Waals surface area contributed by atoms with Crippen LogP contribution in [0.5, 0.6) is 0 Å². The quantitative estimate of drug-likeness (QED) is 0.819. The maximum absolute atomic E-state index is 12.0. The number of aryl methyl sites for hydroxylation is 1. The fraction of sp³-hybridized carbons (Fsp3) is 0.429. The number of carbonyl (C=O) groups is 1. The van der Waals surface area contributed by atoms with Crippen LogP contribution in [0.15, 0.2) is 12.3 Å². The molecule has 0 aliphatic rings. The van der Waals surface area contributed by atoms with E-state index in [0.717, 1.165) is 0 Å². The van der Waals surface area contributed by atoms with E-state index < -0.39 is 18.1 Å². The van der Waals surface area contributed by atoms with Crippen molar-refractivity contribution in [2.45, 2.75) is 12.2 Å². The zero-order valence-electron chi connectivity index (χ0n) is 8.15. The summed E-state index contributed by atoms with van der Waals surface area (Å²) in [5, 5.41) is 5.63. The third kappa shape index (κ3) is 3.70. The van der Waals surface area contributed by atoms with Gasteiger partial charge in [0.2, 0.25) is 0 Å². The lowest BCUT2D eigenvalue weighted by Gasteiger charge is -2.13. The van der Waals surface area contributed by atoms with Gasteiger partial charge in [-0.1, -0.05) is 0 Å². The van der Waals surface area contributed by atoms with Gasteiger partial charge in [-0.3, -0.25) is 9.48 Å². The molecule has 5 nitrogen and oxygen atoms in total. The van der Waals surface area contributed by atoms with E-state index in [-0.39, 0.29) is 18.2 Å². The van der Waals surface area contributed by atoms with Gasteiger partial charge in [-0.2, -0.15) is 18.3 Å². The van der Waals surface area contributed by atoms with E-state index in [1.807, 2.05) is 5.32 Å². The van der Waals surface area contributed by atoms with Gasteiger partial charge in [0.25, 0.3) is 5.91 Å². The van der Waals surface area contributed by atoms with Crippen LogP contribution >= 0.6 is 12.4 Å². The second-order valence-electron chi connectivity index (χ2n) is 2.88. The highest BCUT2D eigenvalue weighted by Gasteiger charge is 2.42. The molecule has 1 atom stereocenters.